The summed E-state index contributed by atoms with van der Waals surface area (Å²) in [5.41, 5.74) is 5.11. The van der Waals surface area contributed by atoms with Gasteiger partial charge in [0.15, 0.2) is 0 Å². The van der Waals surface area contributed by atoms with Crippen molar-refractivity contribution in [3.05, 3.63) is 95.1 Å². The van der Waals surface area contributed by atoms with Crippen molar-refractivity contribution in [1.29, 1.82) is 0 Å². The van der Waals surface area contributed by atoms with Crippen LogP contribution in [0.25, 0.3) is 0 Å². The first-order chi connectivity index (χ1) is 13.6. The second kappa shape index (κ2) is 7.69. The number of fused-ring (bicyclic) bond motifs is 1. The minimum atomic E-state index is -0.143. The number of benzene rings is 3. The topological polar surface area (TPSA) is 49.4 Å². The number of amides is 2. The van der Waals surface area contributed by atoms with Crippen LogP contribution in [0.4, 0.5) is 11.4 Å². The molecule has 4 heteroatoms. The lowest BCUT2D eigenvalue weighted by Crippen LogP contribution is -2.35. The summed E-state index contributed by atoms with van der Waals surface area (Å²) < 4.78 is 0. The molecule has 0 saturated carbocycles. The number of nitrogens with zero attached hydrogens (tertiary/aromatic N) is 1. The van der Waals surface area contributed by atoms with Crippen LogP contribution in [0.3, 0.4) is 0 Å². The average Bonchev–Trinajstić information content (AvgIpc) is 2.73. The molecule has 0 aromatic heterocycles. The quantitative estimate of drug-likeness (QED) is 0.717. The van der Waals surface area contributed by atoms with Crippen LogP contribution in [0.1, 0.15) is 38.3 Å². The highest BCUT2D eigenvalue weighted by Gasteiger charge is 2.24. The first-order valence-electron chi connectivity index (χ1n) is 9.50. The fourth-order valence-corrected chi connectivity index (χ4v) is 3.53. The van der Waals surface area contributed by atoms with Gasteiger partial charge in [0.1, 0.15) is 0 Å². The molecule has 2 amide bonds. The molecule has 4 rings (SSSR count). The van der Waals surface area contributed by atoms with Gasteiger partial charge in [-0.3, -0.25) is 9.59 Å². The van der Waals surface area contributed by atoms with Crippen LogP contribution >= 0.6 is 0 Å². The van der Waals surface area contributed by atoms with E-state index in [1.54, 1.807) is 6.07 Å². The summed E-state index contributed by atoms with van der Waals surface area (Å²) in [6, 6.07) is 22.6. The van der Waals surface area contributed by atoms with Gasteiger partial charge in [0.05, 0.1) is 0 Å². The summed E-state index contributed by atoms with van der Waals surface area (Å²) in [5, 5.41) is 2.91. The largest absolute Gasteiger partial charge is 0.322 e. The van der Waals surface area contributed by atoms with Crippen LogP contribution in [-0.2, 0) is 6.42 Å². The van der Waals surface area contributed by atoms with Crippen molar-refractivity contribution in [2.45, 2.75) is 19.8 Å². The summed E-state index contributed by atoms with van der Waals surface area (Å²) >= 11 is 0. The monoisotopic (exact) mass is 370 g/mol. The van der Waals surface area contributed by atoms with Crippen molar-refractivity contribution in [3.8, 4) is 0 Å². The van der Waals surface area contributed by atoms with Gasteiger partial charge < -0.3 is 10.2 Å². The maximum atomic E-state index is 13.0. The van der Waals surface area contributed by atoms with Crippen LogP contribution in [0.15, 0.2) is 72.8 Å². The van der Waals surface area contributed by atoms with Gasteiger partial charge >= 0.3 is 0 Å². The van der Waals surface area contributed by atoms with Gasteiger partial charge in [-0.1, -0.05) is 35.9 Å². The van der Waals surface area contributed by atoms with E-state index in [2.05, 4.69) is 5.32 Å². The number of rotatable bonds is 3. The molecule has 0 fully saturated rings. The molecule has 3 aromatic carbocycles. The number of hydrogen-bond donors (Lipinski definition) is 1. The molecule has 1 heterocycles. The van der Waals surface area contributed by atoms with E-state index in [1.165, 1.54) is 0 Å². The van der Waals surface area contributed by atoms with E-state index in [9.17, 15) is 9.59 Å². The number of anilines is 2. The van der Waals surface area contributed by atoms with Crippen LogP contribution < -0.4 is 10.2 Å². The van der Waals surface area contributed by atoms with E-state index in [-0.39, 0.29) is 11.8 Å². The maximum Gasteiger partial charge on any atom is 0.258 e. The molecule has 3 aromatic rings. The average molecular weight is 370 g/mol. The molecule has 140 valence electrons. The standard InChI is InChI=1S/C24H22N2O2/c1-17-9-11-18(12-10-17)24(28)26-15-5-6-19-16-20(13-14-22(19)26)23(27)25-21-7-3-2-4-8-21/h2-4,7-14,16H,5-6,15H2,1H3,(H,25,27). The van der Waals surface area contributed by atoms with Gasteiger partial charge in [0.2, 0.25) is 0 Å². The normalized spacial score (nSPS) is 13.0. The lowest BCUT2D eigenvalue weighted by Gasteiger charge is -2.30. The fourth-order valence-electron chi connectivity index (χ4n) is 3.53. The molecule has 0 spiro atoms. The Kier molecular flexibility index (Phi) is 4.94. The lowest BCUT2D eigenvalue weighted by molar-refractivity contribution is 0.0984. The molecule has 4 nitrogen and oxygen atoms in total. The van der Waals surface area contributed by atoms with Crippen molar-refractivity contribution >= 4 is 23.2 Å². The second-order valence-electron chi connectivity index (χ2n) is 7.09. The summed E-state index contributed by atoms with van der Waals surface area (Å²) in [5.74, 6) is -0.140. The van der Waals surface area contributed by atoms with Gasteiger partial charge in [0.25, 0.3) is 11.8 Å². The van der Waals surface area contributed by atoms with Gasteiger partial charge in [-0.2, -0.15) is 0 Å². The molecular formula is C24H22N2O2. The van der Waals surface area contributed by atoms with Crippen LogP contribution in [-0.4, -0.2) is 18.4 Å². The maximum absolute atomic E-state index is 13.0. The first kappa shape index (κ1) is 18.0. The lowest BCUT2D eigenvalue weighted by atomic mass is 9.98. The smallest absolute Gasteiger partial charge is 0.258 e. The molecule has 1 N–H and O–H groups in total. The van der Waals surface area contributed by atoms with Gasteiger partial charge in [0, 0.05) is 29.0 Å². The summed E-state index contributed by atoms with van der Waals surface area (Å²) in [6.45, 7) is 2.70. The third-order valence-corrected chi connectivity index (χ3v) is 5.04. The molecule has 28 heavy (non-hydrogen) atoms. The Bertz CT molecular complexity index is 1010. The predicted molar refractivity (Wildman–Crippen MR) is 112 cm³/mol. The summed E-state index contributed by atoms with van der Waals surface area (Å²) in [4.78, 5) is 27.4. The Balaban J connectivity index is 1.58. The summed E-state index contributed by atoms with van der Waals surface area (Å²) in [6.07, 6.45) is 1.74. The molecule has 0 saturated heterocycles. The van der Waals surface area contributed by atoms with Gasteiger partial charge in [-0.15, -0.1) is 0 Å². The number of nitrogens with one attached hydrogen (secondary N) is 1. The molecular weight excluding hydrogens is 348 g/mol. The third-order valence-electron chi connectivity index (χ3n) is 5.04. The minimum Gasteiger partial charge on any atom is -0.322 e. The van der Waals surface area contributed by atoms with E-state index in [0.29, 0.717) is 17.7 Å². The van der Waals surface area contributed by atoms with Gasteiger partial charge in [-0.05, 0) is 67.8 Å². The zero-order chi connectivity index (χ0) is 19.5. The highest BCUT2D eigenvalue weighted by molar-refractivity contribution is 6.08. The predicted octanol–water partition coefficient (Wildman–Crippen LogP) is 4.84. The fraction of sp³-hybridized carbons (Fsp3) is 0.167. The molecule has 0 atom stereocenters. The van der Waals surface area contributed by atoms with Gasteiger partial charge in [-0.25, -0.2) is 0 Å². The highest BCUT2D eigenvalue weighted by Crippen LogP contribution is 2.29. The minimum absolute atomic E-state index is 0.00226. The zero-order valence-corrected chi connectivity index (χ0v) is 15.8. The molecule has 1 aliphatic rings. The van der Waals surface area contributed by atoms with Crippen LogP contribution in [0.5, 0.6) is 0 Å². The van der Waals surface area contributed by atoms with Crippen molar-refractivity contribution in [3.63, 3.8) is 0 Å². The zero-order valence-electron chi connectivity index (χ0n) is 15.8. The third kappa shape index (κ3) is 3.67. The molecule has 0 bridgehead atoms. The van der Waals surface area contributed by atoms with E-state index in [1.807, 2.05) is 78.6 Å². The Labute approximate surface area is 164 Å². The Morgan fingerprint density at radius 3 is 2.36 bits per heavy atom. The Hall–Kier alpha value is -3.40. The van der Waals surface area contributed by atoms with Crippen molar-refractivity contribution in [1.82, 2.24) is 0 Å². The van der Waals surface area contributed by atoms with E-state index < -0.39 is 0 Å². The van der Waals surface area contributed by atoms with Crippen molar-refractivity contribution in [2.75, 3.05) is 16.8 Å². The van der Waals surface area contributed by atoms with Crippen molar-refractivity contribution < 1.29 is 9.59 Å². The SMILES string of the molecule is Cc1ccc(C(=O)N2CCCc3cc(C(=O)Nc4ccccc4)ccc32)cc1. The molecule has 0 radical (unpaired) electrons. The number of hydrogen-bond acceptors (Lipinski definition) is 2. The van der Waals surface area contributed by atoms with Crippen LogP contribution in [0, 0.1) is 6.92 Å². The molecule has 0 aliphatic carbocycles. The number of carbonyl (C=O) groups is 2. The Morgan fingerprint density at radius 1 is 0.893 bits per heavy atom. The van der Waals surface area contributed by atoms with E-state index in [0.717, 1.165) is 35.3 Å². The number of carbonyl (C=O) groups excluding carboxylic acids is 2. The van der Waals surface area contributed by atoms with Crippen molar-refractivity contribution in [2.24, 2.45) is 0 Å². The van der Waals surface area contributed by atoms with Crippen LogP contribution in [0.2, 0.25) is 0 Å². The first-order valence-corrected chi connectivity index (χ1v) is 9.50. The summed E-state index contributed by atoms with van der Waals surface area (Å²) in [7, 11) is 0. The Morgan fingerprint density at radius 2 is 1.61 bits per heavy atom. The molecule has 1 aliphatic heterocycles. The number of aryl methyl sites for hydroxylation is 2. The number of para-hydroxylation sites is 1. The van der Waals surface area contributed by atoms with E-state index >= 15 is 0 Å². The van der Waals surface area contributed by atoms with E-state index in [4.69, 9.17) is 0 Å². The second-order valence-corrected chi connectivity index (χ2v) is 7.09. The highest BCUT2D eigenvalue weighted by atomic mass is 16.2. The molecule has 0 unspecified atom stereocenters.